The molecule has 0 fully saturated rings. The zero-order valence-electron chi connectivity index (χ0n) is 17.7. The molecule has 0 aliphatic carbocycles. The number of carbonyl (C=O) groups is 1. The molecular weight excluding hydrogens is 457 g/mol. The number of carbonyl (C=O) groups excluding carboxylic acids is 1. The molecule has 0 radical (unpaired) electrons. The summed E-state index contributed by atoms with van der Waals surface area (Å²) in [5, 5.41) is 9.32. The van der Waals surface area contributed by atoms with Gasteiger partial charge in [0.05, 0.1) is 7.11 Å². The number of halogens is 6. The van der Waals surface area contributed by atoms with Gasteiger partial charge in [-0.25, -0.2) is 0 Å². The first-order chi connectivity index (χ1) is 13.2. The van der Waals surface area contributed by atoms with Crippen LogP contribution in [-0.2, 0) is 5.60 Å². The number of aliphatic hydroxyl groups is 1. The zero-order chi connectivity index (χ0) is 22.8. The van der Waals surface area contributed by atoms with Gasteiger partial charge in [-0.3, -0.25) is 4.79 Å². The number of Topliss-reactive ketones (excluding diaryl/α,β-unsaturated/α-hetero) is 1. The van der Waals surface area contributed by atoms with Crippen LogP contribution in [0.1, 0.15) is 35.3 Å². The summed E-state index contributed by atoms with van der Waals surface area (Å²) in [4.78, 5) is 10.8. The maximum atomic E-state index is 12.4. The van der Waals surface area contributed by atoms with Gasteiger partial charge in [-0.05, 0) is 38.5 Å². The second kappa shape index (κ2) is 15.8. The molecule has 11 heteroatoms. The van der Waals surface area contributed by atoms with Crippen molar-refractivity contribution in [3.8, 4) is 5.75 Å². The van der Waals surface area contributed by atoms with E-state index in [0.29, 0.717) is 5.75 Å². The third-order valence-electron chi connectivity index (χ3n) is 3.66. The summed E-state index contributed by atoms with van der Waals surface area (Å²) >= 11 is 0. The minimum atomic E-state index is -4.69. The molecule has 0 saturated carbocycles. The summed E-state index contributed by atoms with van der Waals surface area (Å²) in [5.74, 6) is 0.566. The molecule has 2 N–H and O–H groups in total. The van der Waals surface area contributed by atoms with E-state index in [0.717, 1.165) is 12.5 Å². The SMILES string of the molecule is CC(=O)c1ccc(C)cc1.COc1ccc(C(C)(O)C(F)(F)F)cc1.FC(F)F.[K+].[OH-]. The van der Waals surface area contributed by atoms with E-state index < -0.39 is 18.5 Å². The monoisotopic (exact) mass is 480 g/mol. The van der Waals surface area contributed by atoms with Crippen LogP contribution < -0.4 is 56.1 Å². The van der Waals surface area contributed by atoms with Crippen LogP contribution >= 0.6 is 0 Å². The Hall–Kier alpha value is -0.954. The maximum Gasteiger partial charge on any atom is 1.00 e. The van der Waals surface area contributed by atoms with Crippen molar-refractivity contribution in [1.29, 1.82) is 0 Å². The van der Waals surface area contributed by atoms with Crippen LogP contribution in [-0.4, -0.2) is 36.3 Å². The molecule has 2 aromatic rings. The Morgan fingerprint density at radius 2 is 1.35 bits per heavy atom. The summed E-state index contributed by atoms with van der Waals surface area (Å²) in [6.07, 6.45) is -4.69. The first-order valence-corrected chi connectivity index (χ1v) is 8.15. The predicted octanol–water partition coefficient (Wildman–Crippen LogP) is 2.67. The fourth-order valence-corrected chi connectivity index (χ4v) is 1.87. The van der Waals surface area contributed by atoms with Crippen molar-refractivity contribution in [3.63, 3.8) is 0 Å². The van der Waals surface area contributed by atoms with Crippen LogP contribution in [0.5, 0.6) is 5.75 Å². The number of hydrogen-bond acceptors (Lipinski definition) is 4. The third kappa shape index (κ3) is 13.2. The number of hydrogen-bond donors (Lipinski definition) is 1. The number of ether oxygens (including phenoxy) is 1. The van der Waals surface area contributed by atoms with E-state index in [1.165, 1.54) is 36.9 Å². The number of aryl methyl sites for hydroxylation is 1. The van der Waals surface area contributed by atoms with Crippen LogP contribution in [0.25, 0.3) is 0 Å². The van der Waals surface area contributed by atoms with Crippen LogP contribution in [0.15, 0.2) is 48.5 Å². The standard InChI is InChI=1S/C10H11F3O2.C9H10O.CHF3.K.H2O/c1-9(14,10(11,12)13)7-3-5-8(15-2)6-4-7;1-7-3-5-9(6-4-7)8(2)10;2-1(3)4;;/h3-6,14H,1-2H3;3-6H,1-2H3;1H;;1H2/q;;;+1;/p-1. The van der Waals surface area contributed by atoms with E-state index in [9.17, 15) is 36.2 Å². The molecule has 31 heavy (non-hydrogen) atoms. The molecule has 0 heterocycles. The van der Waals surface area contributed by atoms with Gasteiger partial charge in [0.15, 0.2) is 11.4 Å². The molecule has 0 spiro atoms. The predicted molar refractivity (Wildman–Crippen MR) is 98.9 cm³/mol. The van der Waals surface area contributed by atoms with Gasteiger partial charge < -0.3 is 15.3 Å². The fraction of sp³-hybridized carbons (Fsp3) is 0.350. The summed E-state index contributed by atoms with van der Waals surface area (Å²) in [6.45, 7) is 0.628. The third-order valence-corrected chi connectivity index (χ3v) is 3.66. The molecule has 0 aliphatic rings. The van der Waals surface area contributed by atoms with E-state index in [1.54, 1.807) is 6.92 Å². The van der Waals surface area contributed by atoms with Crippen LogP contribution in [0.4, 0.5) is 26.3 Å². The van der Waals surface area contributed by atoms with Gasteiger partial charge in [-0.2, -0.15) is 26.3 Å². The Bertz CT molecular complexity index is 745. The second-order valence-electron chi connectivity index (χ2n) is 5.97. The summed E-state index contributed by atoms with van der Waals surface area (Å²) in [6, 6.07) is 12.7. The van der Waals surface area contributed by atoms with Crippen molar-refractivity contribution in [3.05, 3.63) is 65.2 Å². The van der Waals surface area contributed by atoms with Crippen LogP contribution in [0.3, 0.4) is 0 Å². The first kappa shape index (κ1) is 34.7. The van der Waals surface area contributed by atoms with Gasteiger partial charge in [-0.1, -0.05) is 42.0 Å². The smallest absolute Gasteiger partial charge is 0.870 e. The average molecular weight is 480 g/mol. The molecule has 4 nitrogen and oxygen atoms in total. The van der Waals surface area contributed by atoms with Gasteiger partial charge in [-0.15, -0.1) is 0 Å². The molecule has 2 aromatic carbocycles. The van der Waals surface area contributed by atoms with Gasteiger partial charge in [0.1, 0.15) is 5.75 Å². The quantitative estimate of drug-likeness (QED) is 0.417. The Morgan fingerprint density at radius 3 is 1.65 bits per heavy atom. The molecular formula is C20H23F6KO4. The minimum absolute atomic E-state index is 0. The molecule has 0 saturated heterocycles. The van der Waals surface area contributed by atoms with Crippen LogP contribution in [0, 0.1) is 6.92 Å². The Labute approximate surface area is 219 Å². The summed E-state index contributed by atoms with van der Waals surface area (Å²) in [5.41, 5.74) is -1.08. The molecule has 0 aromatic heterocycles. The van der Waals surface area contributed by atoms with E-state index in [4.69, 9.17) is 4.74 Å². The summed E-state index contributed by atoms with van der Waals surface area (Å²) < 4.78 is 71.1. The van der Waals surface area contributed by atoms with Crippen LogP contribution in [0.2, 0.25) is 0 Å². The van der Waals surface area contributed by atoms with Gasteiger partial charge in [0, 0.05) is 5.56 Å². The summed E-state index contributed by atoms with van der Waals surface area (Å²) in [7, 11) is 1.41. The first-order valence-electron chi connectivity index (χ1n) is 8.15. The number of alkyl halides is 6. The molecule has 0 bridgehead atoms. The van der Waals surface area contributed by atoms with Crippen molar-refractivity contribution >= 4 is 5.78 Å². The van der Waals surface area contributed by atoms with E-state index >= 15 is 0 Å². The van der Waals surface area contributed by atoms with Crippen molar-refractivity contribution in [2.24, 2.45) is 0 Å². The minimum Gasteiger partial charge on any atom is -0.870 e. The van der Waals surface area contributed by atoms with Crippen molar-refractivity contribution in [2.75, 3.05) is 7.11 Å². The number of methoxy groups -OCH3 is 1. The van der Waals surface area contributed by atoms with Crippen molar-refractivity contribution < 1.29 is 97.8 Å². The number of ketones is 1. The topological polar surface area (TPSA) is 76.5 Å². The number of rotatable bonds is 3. The average Bonchev–Trinajstić information content (AvgIpc) is 2.61. The molecule has 0 aliphatic heterocycles. The van der Waals surface area contributed by atoms with Gasteiger partial charge >= 0.3 is 64.2 Å². The van der Waals surface area contributed by atoms with Gasteiger partial charge in [0.25, 0.3) is 0 Å². The molecule has 2 rings (SSSR count). The number of benzene rings is 2. The van der Waals surface area contributed by atoms with Crippen molar-refractivity contribution in [1.82, 2.24) is 0 Å². The molecule has 1 atom stereocenters. The fourth-order valence-electron chi connectivity index (χ4n) is 1.87. The molecule has 0 amide bonds. The van der Waals surface area contributed by atoms with Crippen molar-refractivity contribution in [2.45, 2.75) is 39.2 Å². The van der Waals surface area contributed by atoms with E-state index in [1.807, 2.05) is 31.2 Å². The molecule has 1 unspecified atom stereocenters. The Balaban J connectivity index is -0.000000427. The normalized spacial score (nSPS) is 11.9. The van der Waals surface area contributed by atoms with E-state index in [-0.39, 0.29) is 68.2 Å². The zero-order valence-corrected chi connectivity index (χ0v) is 20.8. The molecule has 170 valence electrons. The maximum absolute atomic E-state index is 12.4. The van der Waals surface area contributed by atoms with Gasteiger partial charge in [0.2, 0.25) is 0 Å². The Kier molecular flexibility index (Phi) is 17.6. The second-order valence-corrected chi connectivity index (χ2v) is 5.97. The van der Waals surface area contributed by atoms with E-state index in [2.05, 4.69) is 0 Å². The Morgan fingerprint density at radius 1 is 0.968 bits per heavy atom. The largest absolute Gasteiger partial charge is 1.00 e.